The summed E-state index contributed by atoms with van der Waals surface area (Å²) >= 11 is 8.87. The highest BCUT2D eigenvalue weighted by molar-refractivity contribution is 9.10. The van der Waals surface area contributed by atoms with Gasteiger partial charge in [-0.3, -0.25) is 0 Å². The van der Waals surface area contributed by atoms with Gasteiger partial charge in [-0.05, 0) is 49.3 Å². The molecule has 2 rings (SSSR count). The van der Waals surface area contributed by atoms with Crippen LogP contribution in [0.25, 0.3) is 0 Å². The summed E-state index contributed by atoms with van der Waals surface area (Å²) in [5.41, 5.74) is 0. The van der Waals surface area contributed by atoms with Crippen LogP contribution in [0.1, 0.15) is 32.1 Å². The highest BCUT2D eigenvalue weighted by Crippen LogP contribution is 2.18. The summed E-state index contributed by atoms with van der Waals surface area (Å²) in [6.07, 6.45) is 6.47. The number of halogens is 1. The number of benzene rings is 1. The fraction of sp³-hybridized carbons (Fsp3) is 0.562. The molecule has 0 atom stereocenters. The maximum atomic E-state index is 5.72. The van der Waals surface area contributed by atoms with Crippen molar-refractivity contribution in [1.82, 2.24) is 10.2 Å². The molecule has 1 aliphatic carbocycles. The summed E-state index contributed by atoms with van der Waals surface area (Å²) in [5, 5.41) is 4.30. The van der Waals surface area contributed by atoms with Crippen molar-refractivity contribution in [2.24, 2.45) is 0 Å². The SMILES string of the molecule is CN(CCOc1ccc(Br)cc1)C(=S)NC1CCCCC1. The van der Waals surface area contributed by atoms with Crippen LogP contribution in [0.2, 0.25) is 0 Å². The Bertz CT molecular complexity index is 446. The highest BCUT2D eigenvalue weighted by Gasteiger charge is 2.15. The van der Waals surface area contributed by atoms with E-state index in [-0.39, 0.29) is 0 Å². The van der Waals surface area contributed by atoms with Gasteiger partial charge in [-0.25, -0.2) is 0 Å². The fourth-order valence-corrected chi connectivity index (χ4v) is 2.99. The molecule has 5 heteroatoms. The Hall–Kier alpha value is -0.810. The minimum absolute atomic E-state index is 0.557. The molecule has 1 aromatic rings. The first-order chi connectivity index (χ1) is 10.1. The smallest absolute Gasteiger partial charge is 0.169 e. The number of hydrogen-bond donors (Lipinski definition) is 1. The van der Waals surface area contributed by atoms with Crippen LogP contribution in [0.15, 0.2) is 28.7 Å². The minimum atomic E-state index is 0.557. The molecule has 1 N–H and O–H groups in total. The molecule has 116 valence electrons. The quantitative estimate of drug-likeness (QED) is 0.792. The molecule has 1 aromatic carbocycles. The first-order valence-electron chi connectivity index (χ1n) is 7.55. The Morgan fingerprint density at radius 2 is 1.95 bits per heavy atom. The van der Waals surface area contributed by atoms with Crippen molar-refractivity contribution < 1.29 is 4.74 Å². The van der Waals surface area contributed by atoms with E-state index in [0.29, 0.717) is 12.6 Å². The molecule has 0 aliphatic heterocycles. The second-order valence-corrected chi connectivity index (χ2v) is 6.81. The van der Waals surface area contributed by atoms with Crippen LogP contribution >= 0.6 is 28.1 Å². The molecule has 0 bridgehead atoms. The van der Waals surface area contributed by atoms with E-state index in [1.807, 2.05) is 31.3 Å². The van der Waals surface area contributed by atoms with Crippen molar-refractivity contribution in [1.29, 1.82) is 0 Å². The van der Waals surface area contributed by atoms with Gasteiger partial charge in [0.15, 0.2) is 5.11 Å². The summed E-state index contributed by atoms with van der Waals surface area (Å²) in [5.74, 6) is 0.887. The lowest BCUT2D eigenvalue weighted by atomic mass is 9.96. The van der Waals surface area contributed by atoms with Crippen molar-refractivity contribution in [2.75, 3.05) is 20.2 Å². The van der Waals surface area contributed by atoms with Gasteiger partial charge in [0.2, 0.25) is 0 Å². The van der Waals surface area contributed by atoms with Gasteiger partial charge in [0, 0.05) is 17.6 Å². The molecule has 1 aliphatic rings. The van der Waals surface area contributed by atoms with Gasteiger partial charge in [0.05, 0.1) is 6.54 Å². The number of thiocarbonyl (C=S) groups is 1. The zero-order valence-corrected chi connectivity index (χ0v) is 14.9. The summed E-state index contributed by atoms with van der Waals surface area (Å²) in [6.45, 7) is 1.42. The van der Waals surface area contributed by atoms with Crippen LogP contribution in [0.3, 0.4) is 0 Å². The van der Waals surface area contributed by atoms with Gasteiger partial charge in [0.1, 0.15) is 12.4 Å². The molecule has 0 aromatic heterocycles. The highest BCUT2D eigenvalue weighted by atomic mass is 79.9. The number of hydrogen-bond acceptors (Lipinski definition) is 2. The van der Waals surface area contributed by atoms with E-state index >= 15 is 0 Å². The Balaban J connectivity index is 1.67. The number of rotatable bonds is 5. The van der Waals surface area contributed by atoms with Crippen LogP contribution in [-0.2, 0) is 0 Å². The second-order valence-electron chi connectivity index (χ2n) is 5.51. The van der Waals surface area contributed by atoms with E-state index < -0.39 is 0 Å². The molecule has 1 fully saturated rings. The monoisotopic (exact) mass is 370 g/mol. The molecule has 0 amide bonds. The average molecular weight is 371 g/mol. The van der Waals surface area contributed by atoms with E-state index in [2.05, 4.69) is 26.1 Å². The minimum Gasteiger partial charge on any atom is -0.492 e. The van der Waals surface area contributed by atoms with Gasteiger partial charge in [-0.15, -0.1) is 0 Å². The molecule has 0 saturated heterocycles. The molecule has 21 heavy (non-hydrogen) atoms. The largest absolute Gasteiger partial charge is 0.492 e. The molecule has 0 heterocycles. The first-order valence-corrected chi connectivity index (χ1v) is 8.75. The van der Waals surface area contributed by atoms with Gasteiger partial charge in [-0.2, -0.15) is 0 Å². The van der Waals surface area contributed by atoms with Crippen molar-refractivity contribution in [2.45, 2.75) is 38.1 Å². The predicted molar refractivity (Wildman–Crippen MR) is 94.9 cm³/mol. The van der Waals surface area contributed by atoms with E-state index in [9.17, 15) is 0 Å². The van der Waals surface area contributed by atoms with Crippen molar-refractivity contribution in [3.63, 3.8) is 0 Å². The van der Waals surface area contributed by atoms with Gasteiger partial charge in [0.25, 0.3) is 0 Å². The zero-order chi connectivity index (χ0) is 15.1. The lowest BCUT2D eigenvalue weighted by molar-refractivity contribution is 0.280. The van der Waals surface area contributed by atoms with Crippen LogP contribution in [0, 0.1) is 0 Å². The molecule has 0 spiro atoms. The van der Waals surface area contributed by atoms with Crippen LogP contribution in [0.5, 0.6) is 5.75 Å². The zero-order valence-electron chi connectivity index (χ0n) is 12.5. The van der Waals surface area contributed by atoms with Gasteiger partial charge >= 0.3 is 0 Å². The Kier molecular flexibility index (Phi) is 6.77. The van der Waals surface area contributed by atoms with Gasteiger partial charge in [-0.1, -0.05) is 35.2 Å². The Morgan fingerprint density at radius 1 is 1.29 bits per heavy atom. The Morgan fingerprint density at radius 3 is 2.62 bits per heavy atom. The average Bonchev–Trinajstić information content (AvgIpc) is 2.50. The maximum absolute atomic E-state index is 5.72. The third kappa shape index (κ3) is 5.83. The second kappa shape index (κ2) is 8.59. The van der Waals surface area contributed by atoms with Crippen molar-refractivity contribution in [3.8, 4) is 5.75 Å². The maximum Gasteiger partial charge on any atom is 0.169 e. The van der Waals surface area contributed by atoms with Crippen LogP contribution in [-0.4, -0.2) is 36.3 Å². The molecule has 3 nitrogen and oxygen atoms in total. The van der Waals surface area contributed by atoms with E-state index in [1.54, 1.807) is 0 Å². The van der Waals surface area contributed by atoms with Crippen LogP contribution < -0.4 is 10.1 Å². The fourth-order valence-electron chi connectivity index (χ4n) is 2.46. The lowest BCUT2D eigenvalue weighted by Gasteiger charge is -2.28. The molecule has 0 unspecified atom stereocenters. The van der Waals surface area contributed by atoms with E-state index in [4.69, 9.17) is 17.0 Å². The number of ether oxygens (including phenoxy) is 1. The summed E-state index contributed by atoms with van der Waals surface area (Å²) in [4.78, 5) is 2.06. The van der Waals surface area contributed by atoms with E-state index in [1.165, 1.54) is 32.1 Å². The normalized spacial score (nSPS) is 15.5. The standard InChI is InChI=1S/C16H23BrN2OS/c1-19(16(21)18-14-5-3-2-4-6-14)11-12-20-15-9-7-13(17)8-10-15/h7-10,14H,2-6,11-12H2,1H3,(H,18,21). The number of likely N-dealkylation sites (N-methyl/N-ethyl adjacent to an activating group) is 1. The molecular formula is C16H23BrN2OS. The number of nitrogens with zero attached hydrogens (tertiary/aromatic N) is 1. The molecular weight excluding hydrogens is 348 g/mol. The summed E-state index contributed by atoms with van der Waals surface area (Å²) in [7, 11) is 2.02. The third-order valence-corrected chi connectivity index (χ3v) is 4.75. The number of nitrogens with one attached hydrogen (secondary N) is 1. The summed E-state index contributed by atoms with van der Waals surface area (Å²) in [6, 6.07) is 8.44. The van der Waals surface area contributed by atoms with Crippen molar-refractivity contribution in [3.05, 3.63) is 28.7 Å². The topological polar surface area (TPSA) is 24.5 Å². The predicted octanol–water partition coefficient (Wildman–Crippen LogP) is 3.97. The third-order valence-electron chi connectivity index (χ3n) is 3.79. The molecule has 1 saturated carbocycles. The lowest BCUT2D eigenvalue weighted by Crippen LogP contribution is -2.44. The van der Waals surface area contributed by atoms with Crippen molar-refractivity contribution >= 4 is 33.3 Å². The van der Waals surface area contributed by atoms with E-state index in [0.717, 1.165) is 21.9 Å². The summed E-state index contributed by atoms with van der Waals surface area (Å²) < 4.78 is 6.78. The van der Waals surface area contributed by atoms with Crippen LogP contribution in [0.4, 0.5) is 0 Å². The Labute approximate surface area is 141 Å². The van der Waals surface area contributed by atoms with Gasteiger partial charge < -0.3 is 15.0 Å². The first kappa shape index (κ1) is 16.6. The molecule has 0 radical (unpaired) electrons.